The molecule has 1 aromatic carbocycles. The van der Waals surface area contributed by atoms with E-state index in [0.29, 0.717) is 18.0 Å². The van der Waals surface area contributed by atoms with Crippen LogP contribution in [0.25, 0.3) is 0 Å². The van der Waals surface area contributed by atoms with Crippen LogP contribution >= 0.6 is 15.9 Å². The zero-order chi connectivity index (χ0) is 13.9. The molecule has 0 saturated heterocycles. The average Bonchev–Trinajstić information content (AvgIpc) is 2.26. The van der Waals surface area contributed by atoms with Gasteiger partial charge in [0.2, 0.25) is 0 Å². The maximum absolute atomic E-state index is 9.65. The van der Waals surface area contributed by atoms with Crippen molar-refractivity contribution in [3.63, 3.8) is 0 Å². The number of ether oxygens (including phenoxy) is 1. The monoisotopic (exact) mass is 314 g/mol. The van der Waals surface area contributed by atoms with Crippen molar-refractivity contribution in [2.45, 2.75) is 25.3 Å². The zero-order valence-corrected chi connectivity index (χ0v) is 12.6. The van der Waals surface area contributed by atoms with Crippen LogP contribution in [0.15, 0.2) is 16.6 Å². The van der Waals surface area contributed by atoms with Gasteiger partial charge in [-0.1, -0.05) is 15.9 Å². The van der Waals surface area contributed by atoms with Crippen molar-refractivity contribution in [1.82, 2.24) is 0 Å². The number of anilines is 1. The molecule has 0 aromatic heterocycles. The lowest BCUT2D eigenvalue weighted by molar-refractivity contribution is 0.0287. The Bertz CT molecular complexity index is 421. The normalized spacial score (nSPS) is 13.4. The molecule has 0 spiro atoms. The highest BCUT2D eigenvalue weighted by molar-refractivity contribution is 9.10. The molecule has 0 aliphatic heterocycles. The topological polar surface area (TPSA) is 81.5 Å². The largest absolute Gasteiger partial charge is 0.488 e. The van der Waals surface area contributed by atoms with E-state index in [1.165, 1.54) is 0 Å². The van der Waals surface area contributed by atoms with Gasteiger partial charge in [-0.15, -0.1) is 0 Å². The van der Waals surface area contributed by atoms with E-state index >= 15 is 0 Å². The van der Waals surface area contributed by atoms with Crippen LogP contribution in [0.3, 0.4) is 0 Å². The van der Waals surface area contributed by atoms with Gasteiger partial charge in [-0.25, -0.2) is 0 Å². The Morgan fingerprint density at radius 3 is 2.61 bits per heavy atom. The van der Waals surface area contributed by atoms with Crippen molar-refractivity contribution >= 4 is 29.5 Å². The molecule has 0 bridgehead atoms. The van der Waals surface area contributed by atoms with Crippen LogP contribution in [0.4, 0.5) is 5.69 Å². The predicted octanol–water partition coefficient (Wildman–Crippen LogP) is 0.814. The number of nitrogens with two attached hydrogens (primary N) is 2. The molecule has 1 unspecified atom stereocenters. The lowest BCUT2D eigenvalue weighted by Crippen LogP contribution is -2.28. The summed E-state index contributed by atoms with van der Waals surface area (Å²) in [6.45, 7) is 4.07. The van der Waals surface area contributed by atoms with Gasteiger partial charge in [0.15, 0.2) is 0 Å². The van der Waals surface area contributed by atoms with Gasteiger partial charge in [-0.05, 0) is 43.9 Å². The van der Waals surface area contributed by atoms with Gasteiger partial charge in [-0.2, -0.15) is 0 Å². The second kappa shape index (κ2) is 5.95. The van der Waals surface area contributed by atoms with Crippen LogP contribution in [0, 0.1) is 0 Å². The summed E-state index contributed by atoms with van der Waals surface area (Å²) in [6.07, 6.45) is 0. The summed E-state index contributed by atoms with van der Waals surface area (Å²) in [5.41, 5.74) is 12.4. The number of halogens is 1. The molecule has 4 nitrogen and oxygen atoms in total. The Labute approximate surface area is 117 Å². The van der Waals surface area contributed by atoms with Crippen LogP contribution in [0.2, 0.25) is 0 Å². The highest BCUT2D eigenvalue weighted by Crippen LogP contribution is 2.35. The molecule has 0 radical (unpaired) electrons. The summed E-state index contributed by atoms with van der Waals surface area (Å²) in [5.74, 6) is 0.723. The first-order chi connectivity index (χ1) is 8.26. The third-order valence-electron chi connectivity index (χ3n) is 2.62. The molecule has 1 atom stereocenters. The van der Waals surface area contributed by atoms with E-state index in [-0.39, 0.29) is 12.4 Å². The lowest BCUT2D eigenvalue weighted by atomic mass is 9.80. The number of hydrogen-bond donors (Lipinski definition) is 3. The fraction of sp³-hybridized carbons (Fsp3) is 0.500. The summed E-state index contributed by atoms with van der Waals surface area (Å²) >= 11 is 3.47. The van der Waals surface area contributed by atoms with Crippen LogP contribution < -0.4 is 16.2 Å². The lowest BCUT2D eigenvalue weighted by Gasteiger charge is -2.21. The molecule has 0 amide bonds. The van der Waals surface area contributed by atoms with Gasteiger partial charge in [0, 0.05) is 4.47 Å². The number of hydrogen-bond acceptors (Lipinski definition) is 4. The third kappa shape index (κ3) is 3.90. The smallest absolute Gasteiger partial charge is 0.142 e. The molecule has 1 aromatic rings. The molecule has 100 valence electrons. The first kappa shape index (κ1) is 15.3. The van der Waals surface area contributed by atoms with E-state index < -0.39 is 5.60 Å². The van der Waals surface area contributed by atoms with Crippen molar-refractivity contribution in [2.75, 3.05) is 18.9 Å². The van der Waals surface area contributed by atoms with E-state index in [4.69, 9.17) is 16.2 Å². The maximum atomic E-state index is 9.65. The van der Waals surface area contributed by atoms with Gasteiger partial charge in [-0.3, -0.25) is 0 Å². The second-order valence-electron chi connectivity index (χ2n) is 5.11. The van der Waals surface area contributed by atoms with Crippen molar-refractivity contribution < 1.29 is 9.84 Å². The Morgan fingerprint density at radius 2 is 2.11 bits per heavy atom. The molecule has 0 aliphatic rings. The SMILES string of the molecule is BC(CN)c1c(Br)ccc(OCC(C)(C)O)c1N. The third-order valence-corrected chi connectivity index (χ3v) is 3.31. The van der Waals surface area contributed by atoms with Crippen molar-refractivity contribution in [3.8, 4) is 5.75 Å². The molecule has 5 N–H and O–H groups in total. The van der Waals surface area contributed by atoms with Crippen molar-refractivity contribution in [3.05, 3.63) is 22.2 Å². The van der Waals surface area contributed by atoms with Crippen LogP contribution in [-0.2, 0) is 0 Å². The number of nitrogen functional groups attached to an aromatic ring is 1. The number of benzene rings is 1. The molecule has 0 fully saturated rings. The summed E-state index contributed by atoms with van der Waals surface area (Å²) in [4.78, 5) is 0. The fourth-order valence-electron chi connectivity index (χ4n) is 1.59. The zero-order valence-electron chi connectivity index (χ0n) is 11.0. The van der Waals surface area contributed by atoms with Crippen molar-refractivity contribution in [2.24, 2.45) is 5.73 Å². The molecule has 1 rings (SSSR count). The fourth-order valence-corrected chi connectivity index (χ4v) is 2.33. The van der Waals surface area contributed by atoms with Crippen LogP contribution in [0.5, 0.6) is 5.75 Å². The Hall–Kier alpha value is -0.715. The Balaban J connectivity index is 3.01. The summed E-state index contributed by atoms with van der Waals surface area (Å²) in [7, 11) is 2.01. The summed E-state index contributed by atoms with van der Waals surface area (Å²) < 4.78 is 6.48. The minimum Gasteiger partial charge on any atom is -0.488 e. The van der Waals surface area contributed by atoms with Crippen LogP contribution in [-0.4, -0.2) is 31.7 Å². The molecule has 6 heteroatoms. The minimum absolute atomic E-state index is 0.144. The molecule has 0 heterocycles. The van der Waals surface area contributed by atoms with Crippen LogP contribution in [0.1, 0.15) is 25.2 Å². The van der Waals surface area contributed by atoms with Gasteiger partial charge >= 0.3 is 0 Å². The quantitative estimate of drug-likeness (QED) is 0.555. The van der Waals surface area contributed by atoms with E-state index in [1.807, 2.05) is 13.9 Å². The highest BCUT2D eigenvalue weighted by Gasteiger charge is 2.18. The van der Waals surface area contributed by atoms with E-state index in [2.05, 4.69) is 15.9 Å². The van der Waals surface area contributed by atoms with Gasteiger partial charge in [0.1, 0.15) is 20.2 Å². The molecule has 0 saturated carbocycles. The van der Waals surface area contributed by atoms with Gasteiger partial charge < -0.3 is 21.3 Å². The first-order valence-corrected chi connectivity index (χ1v) is 6.68. The maximum Gasteiger partial charge on any atom is 0.142 e. The first-order valence-electron chi connectivity index (χ1n) is 5.89. The standard InChI is InChI=1S/C12H20BBrN2O2/c1-12(2,17)6-18-9-4-3-8(14)10(11(9)16)7(13)5-15/h3-4,7,17H,5-6,13,15-16H2,1-2H3. The predicted molar refractivity (Wildman–Crippen MR) is 80.7 cm³/mol. The second-order valence-corrected chi connectivity index (χ2v) is 5.97. The Kier molecular flexibility index (Phi) is 5.07. The minimum atomic E-state index is -0.890. The highest BCUT2D eigenvalue weighted by atomic mass is 79.9. The molecular weight excluding hydrogens is 295 g/mol. The molecular formula is C12H20BBrN2O2. The van der Waals surface area contributed by atoms with E-state index in [1.54, 1.807) is 19.9 Å². The van der Waals surface area contributed by atoms with Crippen molar-refractivity contribution in [1.29, 1.82) is 0 Å². The molecule has 0 aliphatic carbocycles. The summed E-state index contributed by atoms with van der Waals surface area (Å²) in [6, 6.07) is 3.68. The molecule has 18 heavy (non-hydrogen) atoms. The van der Waals surface area contributed by atoms with E-state index in [9.17, 15) is 5.11 Å². The average molecular weight is 315 g/mol. The Morgan fingerprint density at radius 1 is 1.50 bits per heavy atom. The van der Waals surface area contributed by atoms with E-state index in [0.717, 1.165) is 10.0 Å². The number of rotatable bonds is 5. The number of aliphatic hydroxyl groups is 1. The summed E-state index contributed by atoms with van der Waals surface area (Å²) in [5, 5.41) is 9.65. The van der Waals surface area contributed by atoms with Gasteiger partial charge in [0.25, 0.3) is 0 Å². The van der Waals surface area contributed by atoms with Gasteiger partial charge in [0.05, 0.1) is 11.3 Å².